The van der Waals surface area contributed by atoms with Gasteiger partial charge in [0.2, 0.25) is 0 Å². The van der Waals surface area contributed by atoms with Crippen molar-refractivity contribution in [1.29, 1.82) is 0 Å². The van der Waals surface area contributed by atoms with Crippen LogP contribution in [0.1, 0.15) is 51.4 Å². The Morgan fingerprint density at radius 2 is 1.62 bits per heavy atom. The molecule has 118 valence electrons. The Hall–Kier alpha value is -0.770. The van der Waals surface area contributed by atoms with Crippen molar-refractivity contribution < 1.29 is 9.53 Å². The fourth-order valence-corrected chi connectivity index (χ4v) is 5.76. The van der Waals surface area contributed by atoms with Crippen LogP contribution in [0, 0.1) is 23.7 Å². The van der Waals surface area contributed by atoms with Crippen LogP contribution in [0.4, 0.5) is 4.79 Å². The van der Waals surface area contributed by atoms with Crippen LogP contribution in [0.25, 0.3) is 0 Å². The number of alkyl carbamates (subject to hydrolysis) is 1. The van der Waals surface area contributed by atoms with E-state index in [9.17, 15) is 4.79 Å². The molecular formula is C17H28N2O2. The van der Waals surface area contributed by atoms with Crippen LogP contribution in [0.5, 0.6) is 0 Å². The quantitative estimate of drug-likeness (QED) is 0.841. The molecule has 0 aromatic rings. The van der Waals surface area contributed by atoms with Gasteiger partial charge in [0.25, 0.3) is 0 Å². The Kier molecular flexibility index (Phi) is 3.60. The van der Waals surface area contributed by atoms with Gasteiger partial charge in [0.1, 0.15) is 0 Å². The summed E-state index contributed by atoms with van der Waals surface area (Å²) in [5.74, 6) is 3.14. The molecule has 5 aliphatic rings. The van der Waals surface area contributed by atoms with Crippen LogP contribution < -0.4 is 10.6 Å². The fourth-order valence-electron chi connectivity index (χ4n) is 5.76. The first-order valence-electron chi connectivity index (χ1n) is 8.86. The molecule has 1 saturated heterocycles. The van der Waals surface area contributed by atoms with Gasteiger partial charge in [0, 0.05) is 5.54 Å². The molecular weight excluding hydrogens is 264 g/mol. The summed E-state index contributed by atoms with van der Waals surface area (Å²) in [4.78, 5) is 12.2. The number of hydrogen-bond donors (Lipinski definition) is 2. The minimum absolute atomic E-state index is 0.0833. The van der Waals surface area contributed by atoms with Crippen LogP contribution in [-0.4, -0.2) is 31.3 Å². The first kappa shape index (κ1) is 13.9. The van der Waals surface area contributed by atoms with Crippen molar-refractivity contribution in [2.75, 3.05) is 19.7 Å². The molecule has 0 aromatic heterocycles. The third-order valence-corrected chi connectivity index (χ3v) is 6.31. The second-order valence-electron chi connectivity index (χ2n) is 8.11. The van der Waals surface area contributed by atoms with Gasteiger partial charge >= 0.3 is 6.09 Å². The lowest BCUT2D eigenvalue weighted by molar-refractivity contribution is -0.0201. The highest BCUT2D eigenvalue weighted by Gasteiger charge is 2.51. The Morgan fingerprint density at radius 1 is 1.05 bits per heavy atom. The molecule has 0 radical (unpaired) electrons. The standard InChI is InChI=1S/C17H28N2O2/c20-16(21-11-12-1-3-18-4-2-12)19-17-8-13-5-14(9-17)7-15(6-13)10-17/h12-15,18H,1-11H2,(H,19,20). The van der Waals surface area contributed by atoms with Crippen molar-refractivity contribution in [3.05, 3.63) is 0 Å². The number of hydrogen-bond acceptors (Lipinski definition) is 3. The molecule has 0 spiro atoms. The summed E-state index contributed by atoms with van der Waals surface area (Å²) in [5, 5.41) is 6.64. The molecule has 1 heterocycles. The number of carbonyl (C=O) groups is 1. The predicted molar refractivity (Wildman–Crippen MR) is 81.0 cm³/mol. The van der Waals surface area contributed by atoms with E-state index < -0.39 is 0 Å². The highest BCUT2D eigenvalue weighted by Crippen LogP contribution is 2.55. The van der Waals surface area contributed by atoms with Gasteiger partial charge in [-0.1, -0.05) is 0 Å². The zero-order valence-electron chi connectivity index (χ0n) is 12.9. The molecule has 4 nitrogen and oxygen atoms in total. The first-order valence-corrected chi connectivity index (χ1v) is 8.86. The maximum Gasteiger partial charge on any atom is 0.407 e. The molecule has 0 aromatic carbocycles. The summed E-state index contributed by atoms with van der Waals surface area (Å²) in [6.07, 6.45) is 9.91. The Bertz CT molecular complexity index is 368. The van der Waals surface area contributed by atoms with Gasteiger partial charge in [-0.2, -0.15) is 0 Å². The predicted octanol–water partition coefficient (Wildman–Crippen LogP) is 2.68. The van der Waals surface area contributed by atoms with Crippen molar-refractivity contribution in [2.24, 2.45) is 23.7 Å². The molecule has 1 amide bonds. The van der Waals surface area contributed by atoms with Crippen molar-refractivity contribution >= 4 is 6.09 Å². The van der Waals surface area contributed by atoms with Crippen molar-refractivity contribution in [3.8, 4) is 0 Å². The number of rotatable bonds is 3. The van der Waals surface area contributed by atoms with Crippen molar-refractivity contribution in [3.63, 3.8) is 0 Å². The van der Waals surface area contributed by atoms with Gasteiger partial charge in [0.15, 0.2) is 0 Å². The maximum atomic E-state index is 12.2. The van der Waals surface area contributed by atoms with E-state index in [2.05, 4.69) is 10.6 Å². The van der Waals surface area contributed by atoms with Gasteiger partial charge in [-0.3, -0.25) is 0 Å². The molecule has 0 atom stereocenters. The van der Waals surface area contributed by atoms with Gasteiger partial charge in [-0.15, -0.1) is 0 Å². The molecule has 1 aliphatic heterocycles. The minimum atomic E-state index is -0.157. The van der Waals surface area contributed by atoms with E-state index in [1.54, 1.807) is 0 Å². The lowest BCUT2D eigenvalue weighted by Crippen LogP contribution is -2.60. The lowest BCUT2D eigenvalue weighted by Gasteiger charge is -2.56. The summed E-state index contributed by atoms with van der Waals surface area (Å²) in [6, 6.07) is 0. The topological polar surface area (TPSA) is 50.4 Å². The first-order chi connectivity index (χ1) is 10.2. The third kappa shape index (κ3) is 2.92. The number of nitrogens with one attached hydrogen (secondary N) is 2. The number of piperidine rings is 1. The molecule has 5 fully saturated rings. The van der Waals surface area contributed by atoms with E-state index in [0.717, 1.165) is 43.7 Å². The summed E-state index contributed by atoms with van der Waals surface area (Å²) in [6.45, 7) is 2.72. The normalized spacial score (nSPS) is 42.0. The van der Waals surface area contributed by atoms with Crippen molar-refractivity contribution in [2.45, 2.75) is 56.9 Å². The highest BCUT2D eigenvalue weighted by molar-refractivity contribution is 5.68. The summed E-state index contributed by atoms with van der Waals surface area (Å²) in [7, 11) is 0. The van der Waals surface area contributed by atoms with Gasteiger partial charge in [-0.25, -0.2) is 4.79 Å². The number of amides is 1. The van der Waals surface area contributed by atoms with Crippen LogP contribution in [0.3, 0.4) is 0 Å². The molecule has 5 rings (SSSR count). The smallest absolute Gasteiger partial charge is 0.407 e. The van der Waals surface area contributed by atoms with E-state index in [1.807, 2.05) is 0 Å². The zero-order valence-corrected chi connectivity index (χ0v) is 12.9. The minimum Gasteiger partial charge on any atom is -0.449 e. The largest absolute Gasteiger partial charge is 0.449 e. The van der Waals surface area contributed by atoms with Crippen LogP contribution in [0.2, 0.25) is 0 Å². The SMILES string of the molecule is O=C(NC12CC3CC(CC(C3)C1)C2)OCC1CCNCC1. The van der Waals surface area contributed by atoms with Gasteiger partial charge < -0.3 is 15.4 Å². The van der Waals surface area contributed by atoms with Crippen LogP contribution >= 0.6 is 0 Å². The fraction of sp³-hybridized carbons (Fsp3) is 0.941. The molecule has 21 heavy (non-hydrogen) atoms. The molecule has 4 saturated carbocycles. The molecule has 4 aliphatic carbocycles. The van der Waals surface area contributed by atoms with E-state index >= 15 is 0 Å². The van der Waals surface area contributed by atoms with Gasteiger partial charge in [0.05, 0.1) is 6.61 Å². The number of ether oxygens (including phenoxy) is 1. The summed E-state index contributed by atoms with van der Waals surface area (Å²) < 4.78 is 5.54. The Morgan fingerprint density at radius 3 is 2.19 bits per heavy atom. The second-order valence-corrected chi connectivity index (χ2v) is 8.11. The number of carbonyl (C=O) groups excluding carboxylic acids is 1. The molecule has 4 heteroatoms. The van der Waals surface area contributed by atoms with Crippen molar-refractivity contribution in [1.82, 2.24) is 10.6 Å². The average molecular weight is 292 g/mol. The monoisotopic (exact) mass is 292 g/mol. The van der Waals surface area contributed by atoms with Gasteiger partial charge in [-0.05, 0) is 88.1 Å². The highest BCUT2D eigenvalue weighted by atomic mass is 16.5. The van der Waals surface area contributed by atoms with E-state index in [4.69, 9.17) is 4.74 Å². The molecule has 0 unspecified atom stereocenters. The molecule has 4 bridgehead atoms. The Labute approximate surface area is 127 Å². The Balaban J connectivity index is 1.30. The molecule has 2 N–H and O–H groups in total. The van der Waals surface area contributed by atoms with E-state index in [0.29, 0.717) is 12.5 Å². The maximum absolute atomic E-state index is 12.2. The zero-order chi connectivity index (χ0) is 14.3. The third-order valence-electron chi connectivity index (χ3n) is 6.31. The van der Waals surface area contributed by atoms with Crippen LogP contribution in [0.15, 0.2) is 0 Å². The lowest BCUT2D eigenvalue weighted by atomic mass is 9.53. The van der Waals surface area contributed by atoms with E-state index in [-0.39, 0.29) is 11.6 Å². The summed E-state index contributed by atoms with van der Waals surface area (Å²) in [5.41, 5.74) is 0.0833. The van der Waals surface area contributed by atoms with Crippen LogP contribution in [-0.2, 0) is 4.74 Å². The summed E-state index contributed by atoms with van der Waals surface area (Å²) >= 11 is 0. The van der Waals surface area contributed by atoms with E-state index in [1.165, 1.54) is 38.5 Å². The average Bonchev–Trinajstić information content (AvgIpc) is 2.44. The second kappa shape index (κ2) is 5.45.